The van der Waals surface area contributed by atoms with Crippen LogP contribution in [0.4, 0.5) is 0 Å². The summed E-state index contributed by atoms with van der Waals surface area (Å²) in [6, 6.07) is 0. The largest absolute Gasteiger partial charge is 0.393 e. The molecule has 0 amide bonds. The summed E-state index contributed by atoms with van der Waals surface area (Å²) < 4.78 is 0. The van der Waals surface area contributed by atoms with E-state index in [4.69, 9.17) is 4.99 Å². The lowest BCUT2D eigenvalue weighted by Gasteiger charge is -2.63. The number of Topliss-reactive ketones (excluding diaryl/α,β-unsaturated/α-hetero) is 1. The van der Waals surface area contributed by atoms with E-state index in [9.17, 15) is 15.0 Å². The van der Waals surface area contributed by atoms with Crippen LogP contribution in [0.2, 0.25) is 0 Å². The lowest BCUT2D eigenvalue weighted by molar-refractivity contribution is -0.213. The van der Waals surface area contributed by atoms with E-state index < -0.39 is 11.7 Å². The highest BCUT2D eigenvalue weighted by molar-refractivity contribution is 5.90. The van der Waals surface area contributed by atoms with Gasteiger partial charge in [0.25, 0.3) is 0 Å². The van der Waals surface area contributed by atoms with Gasteiger partial charge in [-0.25, -0.2) is 0 Å². The Morgan fingerprint density at radius 1 is 1.06 bits per heavy atom. The first kappa shape index (κ1) is 22.1. The zero-order valence-electron chi connectivity index (χ0n) is 20.1. The summed E-state index contributed by atoms with van der Waals surface area (Å²) in [5.41, 5.74) is 0.0422. The minimum atomic E-state index is -1.32. The number of hydrogen-bond acceptors (Lipinski definition) is 4. The van der Waals surface area contributed by atoms with Gasteiger partial charge in [-0.1, -0.05) is 27.7 Å². The van der Waals surface area contributed by atoms with Crippen molar-refractivity contribution in [3.8, 4) is 0 Å². The van der Waals surface area contributed by atoms with Gasteiger partial charge < -0.3 is 10.2 Å². The van der Waals surface area contributed by atoms with Crippen molar-refractivity contribution in [1.29, 1.82) is 0 Å². The molecule has 0 bridgehead atoms. The van der Waals surface area contributed by atoms with Crippen LogP contribution < -0.4 is 0 Å². The molecular weight excluding hydrogens is 386 g/mol. The SMILES string of the molecule is CC1CCC(C(C)C2CCC3C4CC(=O)C5(O)CC(O)CCC5(C)C4CCC23C)=NC1. The van der Waals surface area contributed by atoms with Crippen LogP contribution in [0.1, 0.15) is 91.9 Å². The van der Waals surface area contributed by atoms with E-state index in [0.29, 0.717) is 36.0 Å². The zero-order chi connectivity index (χ0) is 22.2. The lowest BCUT2D eigenvalue weighted by Crippen LogP contribution is -2.67. The molecule has 5 aliphatic rings. The van der Waals surface area contributed by atoms with E-state index in [1.807, 2.05) is 0 Å². The minimum absolute atomic E-state index is 0.0152. The number of hydrogen-bond donors (Lipinski definition) is 2. The second-order valence-electron chi connectivity index (χ2n) is 12.7. The van der Waals surface area contributed by atoms with Gasteiger partial charge in [-0.2, -0.15) is 0 Å². The molecule has 10 atom stereocenters. The Morgan fingerprint density at radius 2 is 1.84 bits per heavy atom. The number of carbonyl (C=O) groups excluding carboxylic acids is 1. The first-order valence-electron chi connectivity index (χ1n) is 13.1. The Labute approximate surface area is 188 Å². The zero-order valence-corrected chi connectivity index (χ0v) is 20.1. The van der Waals surface area contributed by atoms with Gasteiger partial charge in [0.2, 0.25) is 0 Å². The second-order valence-corrected chi connectivity index (χ2v) is 12.7. The molecule has 4 aliphatic carbocycles. The Balaban J connectivity index is 1.41. The molecule has 0 aromatic heterocycles. The molecule has 4 saturated carbocycles. The number of rotatable bonds is 2. The average molecular weight is 430 g/mol. The highest BCUT2D eigenvalue weighted by atomic mass is 16.3. The molecule has 1 heterocycles. The number of aliphatic hydroxyl groups is 2. The Morgan fingerprint density at radius 3 is 2.55 bits per heavy atom. The summed E-state index contributed by atoms with van der Waals surface area (Å²) in [5, 5.41) is 21.8. The van der Waals surface area contributed by atoms with Crippen LogP contribution >= 0.6 is 0 Å². The standard InChI is InChI=1S/C27H43NO3/c1-16-5-8-23(28-15-16)17(2)20-6-7-21-19-13-24(30)27(31)14-18(29)9-12-26(27,4)22(19)10-11-25(20,21)3/h16-22,29,31H,5-15H2,1-4H3. The topological polar surface area (TPSA) is 69.9 Å². The number of nitrogens with zero attached hydrogens (tertiary/aromatic N) is 1. The maximum atomic E-state index is 13.4. The monoisotopic (exact) mass is 429 g/mol. The Bertz CT molecular complexity index is 778. The van der Waals surface area contributed by atoms with E-state index in [-0.39, 0.29) is 23.0 Å². The van der Waals surface area contributed by atoms with E-state index >= 15 is 0 Å². The molecular formula is C27H43NO3. The van der Waals surface area contributed by atoms with Gasteiger partial charge in [0.05, 0.1) is 6.10 Å². The number of carbonyl (C=O) groups is 1. The number of ketones is 1. The van der Waals surface area contributed by atoms with Crippen molar-refractivity contribution in [3.63, 3.8) is 0 Å². The van der Waals surface area contributed by atoms with Crippen molar-refractivity contribution in [2.45, 2.75) is 104 Å². The highest BCUT2D eigenvalue weighted by Crippen LogP contribution is 2.68. The third kappa shape index (κ3) is 3.06. The fraction of sp³-hybridized carbons (Fsp3) is 0.926. The van der Waals surface area contributed by atoms with Crippen LogP contribution in [-0.2, 0) is 4.79 Å². The average Bonchev–Trinajstić information content (AvgIpc) is 3.08. The maximum absolute atomic E-state index is 13.4. The molecule has 174 valence electrons. The van der Waals surface area contributed by atoms with Gasteiger partial charge in [0.1, 0.15) is 5.60 Å². The summed E-state index contributed by atoms with van der Waals surface area (Å²) >= 11 is 0. The van der Waals surface area contributed by atoms with Gasteiger partial charge in [0.15, 0.2) is 5.78 Å². The van der Waals surface area contributed by atoms with Crippen molar-refractivity contribution >= 4 is 11.5 Å². The van der Waals surface area contributed by atoms with Crippen LogP contribution in [-0.4, -0.2) is 40.0 Å². The van der Waals surface area contributed by atoms with Crippen LogP contribution in [0.5, 0.6) is 0 Å². The lowest BCUT2D eigenvalue weighted by atomic mass is 9.42. The van der Waals surface area contributed by atoms with Crippen molar-refractivity contribution in [1.82, 2.24) is 0 Å². The van der Waals surface area contributed by atoms with E-state index in [0.717, 1.165) is 38.1 Å². The van der Waals surface area contributed by atoms with Gasteiger partial charge in [-0.3, -0.25) is 9.79 Å². The summed E-state index contributed by atoms with van der Waals surface area (Å²) in [6.45, 7) is 10.4. The molecule has 31 heavy (non-hydrogen) atoms. The number of fused-ring (bicyclic) bond motifs is 5. The van der Waals surface area contributed by atoms with Crippen LogP contribution in [0.25, 0.3) is 0 Å². The smallest absolute Gasteiger partial charge is 0.165 e. The van der Waals surface area contributed by atoms with E-state index in [1.54, 1.807) is 0 Å². The first-order chi connectivity index (χ1) is 14.6. The first-order valence-corrected chi connectivity index (χ1v) is 13.1. The fourth-order valence-corrected chi connectivity index (χ4v) is 9.32. The summed E-state index contributed by atoms with van der Waals surface area (Å²) in [6.07, 6.45) is 8.96. The summed E-state index contributed by atoms with van der Waals surface area (Å²) in [5.74, 6) is 3.35. The van der Waals surface area contributed by atoms with Crippen LogP contribution in [0, 0.1) is 46.3 Å². The molecule has 4 fully saturated rings. The third-order valence-electron chi connectivity index (χ3n) is 11.3. The van der Waals surface area contributed by atoms with Gasteiger partial charge in [0, 0.05) is 30.5 Å². The van der Waals surface area contributed by atoms with Crippen molar-refractivity contribution in [2.24, 2.45) is 51.3 Å². The van der Waals surface area contributed by atoms with Crippen molar-refractivity contribution in [2.75, 3.05) is 6.54 Å². The summed E-state index contributed by atoms with van der Waals surface area (Å²) in [4.78, 5) is 18.4. The molecule has 4 nitrogen and oxygen atoms in total. The summed E-state index contributed by atoms with van der Waals surface area (Å²) in [7, 11) is 0. The van der Waals surface area contributed by atoms with Crippen molar-refractivity contribution < 1.29 is 15.0 Å². The van der Waals surface area contributed by atoms with Crippen molar-refractivity contribution in [3.05, 3.63) is 0 Å². The molecule has 0 aromatic carbocycles. The Kier molecular flexibility index (Phi) is 5.26. The van der Waals surface area contributed by atoms with Gasteiger partial charge in [-0.05, 0) is 92.3 Å². The number of aliphatic hydroxyl groups excluding tert-OH is 1. The van der Waals surface area contributed by atoms with Gasteiger partial charge >= 0.3 is 0 Å². The molecule has 0 spiro atoms. The molecule has 4 heteroatoms. The molecule has 1 aliphatic heterocycles. The van der Waals surface area contributed by atoms with Crippen LogP contribution in [0.15, 0.2) is 4.99 Å². The molecule has 2 N–H and O–H groups in total. The third-order valence-corrected chi connectivity index (χ3v) is 11.3. The fourth-order valence-electron chi connectivity index (χ4n) is 9.32. The molecule has 0 aromatic rings. The highest BCUT2D eigenvalue weighted by Gasteiger charge is 2.67. The van der Waals surface area contributed by atoms with Crippen LogP contribution in [0.3, 0.4) is 0 Å². The quantitative estimate of drug-likeness (QED) is 0.662. The molecule has 0 radical (unpaired) electrons. The van der Waals surface area contributed by atoms with E-state index in [2.05, 4.69) is 27.7 Å². The maximum Gasteiger partial charge on any atom is 0.165 e. The predicted molar refractivity (Wildman–Crippen MR) is 123 cm³/mol. The van der Waals surface area contributed by atoms with E-state index in [1.165, 1.54) is 31.4 Å². The molecule has 10 unspecified atom stereocenters. The van der Waals surface area contributed by atoms with Gasteiger partial charge in [-0.15, -0.1) is 0 Å². The minimum Gasteiger partial charge on any atom is -0.393 e. The number of aliphatic imine (C=N–C) groups is 1. The Hall–Kier alpha value is -0.740. The molecule has 0 saturated heterocycles. The molecule has 5 rings (SSSR count). The predicted octanol–water partition coefficient (Wildman–Crippen LogP) is 4.81. The second kappa shape index (κ2) is 7.38. The normalized spacial score (nSPS) is 53.2.